The van der Waals surface area contributed by atoms with E-state index >= 15 is 0 Å². The molecule has 0 unspecified atom stereocenters. The second-order valence-corrected chi connectivity index (χ2v) is 5.91. The zero-order valence-corrected chi connectivity index (χ0v) is 13.8. The van der Waals surface area contributed by atoms with Crippen LogP contribution >= 0.6 is 0 Å². The summed E-state index contributed by atoms with van der Waals surface area (Å²) in [6.07, 6.45) is 1.76. The van der Waals surface area contributed by atoms with Crippen LogP contribution in [-0.2, 0) is 17.5 Å². The topological polar surface area (TPSA) is 64.9 Å². The van der Waals surface area contributed by atoms with Crippen molar-refractivity contribution in [1.29, 1.82) is 0 Å². The molecule has 2 aromatic rings. The standard InChI is InChI=1S/C16H20F3N5O/c1-2-24-8-7-20-14(24)13(11-4-9-25-10-5-11)23-15-21-6-3-12(22-15)16(17,18)19/h3,6-8,11,13H,2,4-5,9-10H2,1H3,(H,21,22,23)/t13-/m1/s1. The van der Waals surface area contributed by atoms with Crippen molar-refractivity contribution >= 4 is 5.95 Å². The second-order valence-electron chi connectivity index (χ2n) is 5.91. The Kier molecular flexibility index (Phi) is 5.22. The molecule has 3 heterocycles. The van der Waals surface area contributed by atoms with Gasteiger partial charge in [0.15, 0.2) is 0 Å². The summed E-state index contributed by atoms with van der Waals surface area (Å²) in [7, 11) is 0. The molecule has 1 saturated heterocycles. The van der Waals surface area contributed by atoms with E-state index in [2.05, 4.69) is 20.3 Å². The molecule has 9 heteroatoms. The Morgan fingerprint density at radius 2 is 2.04 bits per heavy atom. The summed E-state index contributed by atoms with van der Waals surface area (Å²) >= 11 is 0. The van der Waals surface area contributed by atoms with Crippen LogP contribution in [0, 0.1) is 5.92 Å². The quantitative estimate of drug-likeness (QED) is 0.892. The highest BCUT2D eigenvalue weighted by molar-refractivity contribution is 5.30. The van der Waals surface area contributed by atoms with Gasteiger partial charge in [-0.2, -0.15) is 13.2 Å². The van der Waals surface area contributed by atoms with Gasteiger partial charge in [-0.1, -0.05) is 0 Å². The summed E-state index contributed by atoms with van der Waals surface area (Å²) in [4.78, 5) is 12.0. The smallest absolute Gasteiger partial charge is 0.381 e. The van der Waals surface area contributed by atoms with E-state index in [0.29, 0.717) is 13.2 Å². The fourth-order valence-corrected chi connectivity index (χ4v) is 3.03. The van der Waals surface area contributed by atoms with Crippen molar-refractivity contribution in [2.75, 3.05) is 18.5 Å². The van der Waals surface area contributed by atoms with Gasteiger partial charge in [0.2, 0.25) is 5.95 Å². The van der Waals surface area contributed by atoms with Gasteiger partial charge in [0.05, 0.1) is 6.04 Å². The normalized spacial score (nSPS) is 17.4. The molecule has 0 spiro atoms. The number of nitrogens with zero attached hydrogens (tertiary/aromatic N) is 4. The largest absolute Gasteiger partial charge is 0.433 e. The van der Waals surface area contributed by atoms with Crippen molar-refractivity contribution < 1.29 is 17.9 Å². The Morgan fingerprint density at radius 3 is 2.72 bits per heavy atom. The summed E-state index contributed by atoms with van der Waals surface area (Å²) in [6.45, 7) is 3.96. The number of halogens is 3. The Bertz CT molecular complexity index is 697. The molecule has 6 nitrogen and oxygen atoms in total. The van der Waals surface area contributed by atoms with E-state index in [1.54, 1.807) is 6.20 Å². The highest BCUT2D eigenvalue weighted by Crippen LogP contribution is 2.33. The van der Waals surface area contributed by atoms with Crippen LogP contribution in [0.3, 0.4) is 0 Å². The zero-order chi connectivity index (χ0) is 17.9. The summed E-state index contributed by atoms with van der Waals surface area (Å²) in [5.74, 6) is 0.909. The minimum atomic E-state index is -4.50. The lowest BCUT2D eigenvalue weighted by Gasteiger charge is -2.31. The minimum absolute atomic E-state index is 0.0445. The third kappa shape index (κ3) is 4.09. The first-order valence-electron chi connectivity index (χ1n) is 8.24. The van der Waals surface area contributed by atoms with Crippen LogP contribution in [0.1, 0.15) is 37.3 Å². The Hall–Kier alpha value is -2.16. The number of imidazole rings is 1. The summed E-state index contributed by atoms with van der Waals surface area (Å²) in [5, 5.41) is 3.08. The average Bonchev–Trinajstić information content (AvgIpc) is 3.08. The van der Waals surface area contributed by atoms with Crippen molar-refractivity contribution in [1.82, 2.24) is 19.5 Å². The molecule has 1 atom stereocenters. The first-order chi connectivity index (χ1) is 12.0. The maximum absolute atomic E-state index is 12.9. The number of hydrogen-bond donors (Lipinski definition) is 1. The molecule has 1 aliphatic heterocycles. The van der Waals surface area contributed by atoms with Crippen LogP contribution in [0.25, 0.3) is 0 Å². The molecule has 25 heavy (non-hydrogen) atoms. The van der Waals surface area contributed by atoms with Crippen LogP contribution in [0.5, 0.6) is 0 Å². The monoisotopic (exact) mass is 355 g/mol. The van der Waals surface area contributed by atoms with Gasteiger partial charge >= 0.3 is 6.18 Å². The lowest BCUT2D eigenvalue weighted by atomic mass is 9.91. The maximum Gasteiger partial charge on any atom is 0.433 e. The predicted molar refractivity (Wildman–Crippen MR) is 84.8 cm³/mol. The molecular formula is C16H20F3N5O. The molecule has 0 aromatic carbocycles. The molecular weight excluding hydrogens is 335 g/mol. The molecule has 0 amide bonds. The van der Waals surface area contributed by atoms with Gasteiger partial charge < -0.3 is 14.6 Å². The third-order valence-corrected chi connectivity index (χ3v) is 4.33. The molecule has 0 aliphatic carbocycles. The lowest BCUT2D eigenvalue weighted by molar-refractivity contribution is -0.141. The van der Waals surface area contributed by atoms with Crippen LogP contribution in [0.4, 0.5) is 19.1 Å². The van der Waals surface area contributed by atoms with Gasteiger partial charge in [-0.15, -0.1) is 0 Å². The minimum Gasteiger partial charge on any atom is -0.381 e. The number of aryl methyl sites for hydroxylation is 1. The summed E-state index contributed by atoms with van der Waals surface area (Å²) < 4.78 is 46.1. The fourth-order valence-electron chi connectivity index (χ4n) is 3.03. The van der Waals surface area contributed by atoms with Crippen molar-refractivity contribution in [2.24, 2.45) is 5.92 Å². The van der Waals surface area contributed by atoms with E-state index in [1.807, 2.05) is 17.7 Å². The van der Waals surface area contributed by atoms with Gasteiger partial charge in [-0.25, -0.2) is 15.0 Å². The maximum atomic E-state index is 12.9. The molecule has 2 aromatic heterocycles. The van der Waals surface area contributed by atoms with Gasteiger partial charge in [0.1, 0.15) is 11.5 Å². The number of hydrogen-bond acceptors (Lipinski definition) is 5. The van der Waals surface area contributed by atoms with E-state index in [4.69, 9.17) is 4.74 Å². The number of aromatic nitrogens is 4. The van der Waals surface area contributed by atoms with Crippen LogP contribution in [0.15, 0.2) is 24.7 Å². The van der Waals surface area contributed by atoms with E-state index in [0.717, 1.165) is 37.5 Å². The first-order valence-corrected chi connectivity index (χ1v) is 8.24. The molecule has 0 bridgehead atoms. The Balaban J connectivity index is 1.90. The van der Waals surface area contributed by atoms with Crippen LogP contribution in [-0.4, -0.2) is 32.7 Å². The average molecular weight is 355 g/mol. The van der Waals surface area contributed by atoms with Crippen LogP contribution < -0.4 is 5.32 Å². The summed E-state index contributed by atoms with van der Waals surface area (Å²) in [5.41, 5.74) is -0.963. The van der Waals surface area contributed by atoms with Crippen molar-refractivity contribution in [3.05, 3.63) is 36.2 Å². The Morgan fingerprint density at radius 1 is 1.28 bits per heavy atom. The predicted octanol–water partition coefficient (Wildman–Crippen LogP) is 3.29. The Labute approximate surface area is 143 Å². The SMILES string of the molecule is CCn1ccnc1[C@H](Nc1nccc(C(F)(F)F)n1)C1CCOCC1. The molecule has 1 N–H and O–H groups in total. The number of rotatable bonds is 5. The molecule has 1 aliphatic rings. The van der Waals surface area contributed by atoms with Crippen molar-refractivity contribution in [3.8, 4) is 0 Å². The summed E-state index contributed by atoms with van der Waals surface area (Å²) in [6, 6.07) is 0.587. The van der Waals surface area contributed by atoms with E-state index in [1.165, 1.54) is 0 Å². The molecule has 0 radical (unpaired) electrons. The molecule has 0 saturated carbocycles. The van der Waals surface area contributed by atoms with Crippen LogP contribution in [0.2, 0.25) is 0 Å². The van der Waals surface area contributed by atoms with Gasteiger partial charge in [0, 0.05) is 38.3 Å². The van der Waals surface area contributed by atoms with Crippen molar-refractivity contribution in [3.63, 3.8) is 0 Å². The lowest BCUT2D eigenvalue weighted by Crippen LogP contribution is -2.30. The van der Waals surface area contributed by atoms with E-state index in [9.17, 15) is 13.2 Å². The van der Waals surface area contributed by atoms with Gasteiger partial charge in [-0.05, 0) is 31.7 Å². The van der Waals surface area contributed by atoms with E-state index in [-0.39, 0.29) is 17.9 Å². The highest BCUT2D eigenvalue weighted by atomic mass is 19.4. The number of anilines is 1. The fraction of sp³-hybridized carbons (Fsp3) is 0.562. The first kappa shape index (κ1) is 17.7. The number of ether oxygens (including phenoxy) is 1. The van der Waals surface area contributed by atoms with Crippen molar-refractivity contribution in [2.45, 2.75) is 38.5 Å². The van der Waals surface area contributed by atoms with E-state index < -0.39 is 11.9 Å². The molecule has 3 rings (SSSR count). The zero-order valence-electron chi connectivity index (χ0n) is 13.8. The number of alkyl halides is 3. The third-order valence-electron chi connectivity index (χ3n) is 4.33. The van der Waals surface area contributed by atoms with Gasteiger partial charge in [-0.3, -0.25) is 0 Å². The molecule has 1 fully saturated rings. The second kappa shape index (κ2) is 7.38. The highest BCUT2D eigenvalue weighted by Gasteiger charge is 2.34. The number of nitrogens with one attached hydrogen (secondary N) is 1. The molecule has 136 valence electrons. The van der Waals surface area contributed by atoms with Gasteiger partial charge in [0.25, 0.3) is 0 Å².